The molecule has 0 aliphatic carbocycles. The number of hydrogen-bond acceptors (Lipinski definition) is 7. The molecule has 3 aromatic rings. The number of rotatable bonds is 8. The maximum Gasteiger partial charge on any atom is 0.321 e. The Morgan fingerprint density at radius 3 is 2.38 bits per heavy atom. The lowest BCUT2D eigenvalue weighted by Gasteiger charge is -2.09. The molecule has 1 heterocycles. The second-order valence-electron chi connectivity index (χ2n) is 5.52. The first-order valence-corrected chi connectivity index (χ1v) is 8.16. The third kappa shape index (κ3) is 4.05. The van der Waals surface area contributed by atoms with Gasteiger partial charge in [-0.05, 0) is 48.4 Å². The van der Waals surface area contributed by atoms with Crippen molar-refractivity contribution in [2.24, 2.45) is 0 Å². The van der Waals surface area contributed by atoms with Crippen LogP contribution in [0.2, 0.25) is 0 Å². The quantitative estimate of drug-likeness (QED) is 0.663. The van der Waals surface area contributed by atoms with E-state index in [4.69, 9.17) is 18.7 Å². The normalized spacial score (nSPS) is 10.4. The van der Waals surface area contributed by atoms with Crippen molar-refractivity contribution < 1.29 is 18.7 Å². The monoisotopic (exact) mass is 355 g/mol. The number of nitrogens with zero attached hydrogens (tertiary/aromatic N) is 2. The van der Waals surface area contributed by atoms with E-state index in [1.807, 2.05) is 42.5 Å². The molecule has 1 N–H and O–H groups in total. The minimum atomic E-state index is 0.385. The van der Waals surface area contributed by atoms with Crippen molar-refractivity contribution >= 4 is 6.01 Å². The van der Waals surface area contributed by atoms with Gasteiger partial charge in [-0.25, -0.2) is 0 Å². The molecule has 7 heteroatoms. The Morgan fingerprint density at radius 1 is 0.923 bits per heavy atom. The molecular formula is C19H21N3O4. The lowest BCUT2D eigenvalue weighted by Crippen LogP contribution is -2.05. The number of nitrogens with one attached hydrogen (secondary N) is 1. The largest absolute Gasteiger partial charge is 0.497 e. The number of anilines is 1. The average Bonchev–Trinajstić information content (AvgIpc) is 3.16. The summed E-state index contributed by atoms with van der Waals surface area (Å²) in [6, 6.07) is 13.7. The number of hydrogen-bond donors (Lipinski definition) is 1. The summed E-state index contributed by atoms with van der Waals surface area (Å²) in [5, 5.41) is 7.13. The van der Waals surface area contributed by atoms with Gasteiger partial charge >= 0.3 is 6.01 Å². The lowest BCUT2D eigenvalue weighted by atomic mass is 10.1. The molecule has 0 amide bonds. The molecule has 0 aliphatic heterocycles. The smallest absolute Gasteiger partial charge is 0.321 e. The van der Waals surface area contributed by atoms with Gasteiger partial charge in [-0.3, -0.25) is 0 Å². The lowest BCUT2D eigenvalue weighted by molar-refractivity contribution is 0.354. The summed E-state index contributed by atoms with van der Waals surface area (Å²) in [6.07, 6.45) is 0.778. The Kier molecular flexibility index (Phi) is 5.58. The fourth-order valence-corrected chi connectivity index (χ4v) is 2.50. The number of ether oxygens (including phenoxy) is 3. The Hall–Kier alpha value is -3.22. The molecule has 0 fully saturated rings. The molecule has 0 radical (unpaired) electrons. The minimum absolute atomic E-state index is 0.385. The Morgan fingerprint density at radius 2 is 1.69 bits per heavy atom. The molecule has 0 spiro atoms. The van der Waals surface area contributed by atoms with Gasteiger partial charge in [-0.2, -0.15) is 4.98 Å². The second-order valence-corrected chi connectivity index (χ2v) is 5.52. The van der Waals surface area contributed by atoms with Crippen LogP contribution in [0.1, 0.15) is 5.56 Å². The molecule has 136 valence electrons. The van der Waals surface area contributed by atoms with Crippen molar-refractivity contribution in [1.82, 2.24) is 10.1 Å². The van der Waals surface area contributed by atoms with Crippen LogP contribution in [0.15, 0.2) is 47.0 Å². The zero-order valence-corrected chi connectivity index (χ0v) is 15.0. The minimum Gasteiger partial charge on any atom is -0.497 e. The van der Waals surface area contributed by atoms with Crippen molar-refractivity contribution in [3.8, 4) is 28.6 Å². The highest BCUT2D eigenvalue weighted by Crippen LogP contribution is 2.27. The van der Waals surface area contributed by atoms with Crippen molar-refractivity contribution in [2.45, 2.75) is 6.42 Å². The van der Waals surface area contributed by atoms with Gasteiger partial charge < -0.3 is 24.1 Å². The molecule has 0 saturated heterocycles. The zero-order chi connectivity index (χ0) is 18.4. The molecule has 1 aromatic heterocycles. The van der Waals surface area contributed by atoms with E-state index in [-0.39, 0.29) is 0 Å². The molecule has 0 bridgehead atoms. The van der Waals surface area contributed by atoms with Crippen molar-refractivity contribution in [2.75, 3.05) is 33.2 Å². The Labute approximate surface area is 151 Å². The number of aromatic nitrogens is 2. The van der Waals surface area contributed by atoms with Crippen LogP contribution < -0.4 is 19.5 Å². The number of methoxy groups -OCH3 is 3. The van der Waals surface area contributed by atoms with E-state index < -0.39 is 0 Å². The maximum atomic E-state index is 5.32. The van der Waals surface area contributed by atoms with Gasteiger partial charge in [-0.15, -0.1) is 0 Å². The van der Waals surface area contributed by atoms with Crippen LogP contribution in [0.5, 0.6) is 17.2 Å². The summed E-state index contributed by atoms with van der Waals surface area (Å²) >= 11 is 0. The van der Waals surface area contributed by atoms with Crippen LogP contribution in [0.25, 0.3) is 11.4 Å². The summed E-state index contributed by atoms with van der Waals surface area (Å²) in [4.78, 5) is 4.35. The van der Waals surface area contributed by atoms with Gasteiger partial charge in [0.05, 0.1) is 21.3 Å². The first-order chi connectivity index (χ1) is 12.7. The fraction of sp³-hybridized carbons (Fsp3) is 0.263. The number of benzene rings is 2. The van der Waals surface area contributed by atoms with Gasteiger partial charge in [0, 0.05) is 12.1 Å². The van der Waals surface area contributed by atoms with Gasteiger partial charge in [0.25, 0.3) is 0 Å². The van der Waals surface area contributed by atoms with Crippen LogP contribution >= 0.6 is 0 Å². The van der Waals surface area contributed by atoms with Crippen molar-refractivity contribution in [1.29, 1.82) is 0 Å². The fourth-order valence-electron chi connectivity index (χ4n) is 2.50. The summed E-state index contributed by atoms with van der Waals surface area (Å²) < 4.78 is 20.9. The van der Waals surface area contributed by atoms with Gasteiger partial charge in [0.15, 0.2) is 11.5 Å². The molecule has 3 rings (SSSR count). The molecule has 26 heavy (non-hydrogen) atoms. The highest BCUT2D eigenvalue weighted by atomic mass is 16.5. The van der Waals surface area contributed by atoms with E-state index in [1.165, 1.54) is 0 Å². The molecular weight excluding hydrogens is 334 g/mol. The van der Waals surface area contributed by atoms with Crippen molar-refractivity contribution in [3.05, 3.63) is 48.0 Å². The van der Waals surface area contributed by atoms with E-state index in [2.05, 4.69) is 15.5 Å². The first-order valence-electron chi connectivity index (χ1n) is 8.16. The average molecular weight is 355 g/mol. The van der Waals surface area contributed by atoms with Gasteiger partial charge in [-0.1, -0.05) is 11.2 Å². The summed E-state index contributed by atoms with van der Waals surface area (Å²) in [5.74, 6) is 2.74. The summed E-state index contributed by atoms with van der Waals surface area (Å²) in [5.41, 5.74) is 1.98. The summed E-state index contributed by atoms with van der Waals surface area (Å²) in [6.45, 7) is 0.653. The third-order valence-electron chi connectivity index (χ3n) is 3.91. The van der Waals surface area contributed by atoms with Crippen LogP contribution in [-0.2, 0) is 6.42 Å². The molecule has 0 atom stereocenters. The van der Waals surface area contributed by atoms with Crippen molar-refractivity contribution in [3.63, 3.8) is 0 Å². The van der Waals surface area contributed by atoms with E-state index in [9.17, 15) is 0 Å². The first kappa shape index (κ1) is 17.6. The van der Waals surface area contributed by atoms with E-state index in [1.54, 1.807) is 21.3 Å². The van der Waals surface area contributed by atoms with Crippen LogP contribution in [0.3, 0.4) is 0 Å². The standard InChI is InChI=1S/C19H21N3O4/c1-23-15-7-5-14(6-8-15)18-21-19(26-22-18)20-11-10-13-4-9-16(24-2)17(12-13)25-3/h4-9,12H,10-11H2,1-3H3,(H,20,21,22). The highest BCUT2D eigenvalue weighted by molar-refractivity contribution is 5.56. The van der Waals surface area contributed by atoms with Crippen LogP contribution in [0, 0.1) is 0 Å². The molecule has 0 unspecified atom stereocenters. The zero-order valence-electron chi connectivity index (χ0n) is 15.0. The molecule has 0 saturated carbocycles. The topological polar surface area (TPSA) is 78.6 Å². The van der Waals surface area contributed by atoms with E-state index in [0.717, 1.165) is 23.3 Å². The van der Waals surface area contributed by atoms with Gasteiger partial charge in [0.1, 0.15) is 5.75 Å². The Bertz CT molecular complexity index is 846. The van der Waals surface area contributed by atoms with E-state index in [0.29, 0.717) is 29.9 Å². The second kappa shape index (κ2) is 8.24. The Balaban J connectivity index is 1.58. The predicted octanol–water partition coefficient (Wildman–Crippen LogP) is 3.42. The molecule has 0 aliphatic rings. The predicted molar refractivity (Wildman–Crippen MR) is 98.0 cm³/mol. The molecule has 7 nitrogen and oxygen atoms in total. The van der Waals surface area contributed by atoms with Gasteiger partial charge in [0.2, 0.25) is 5.82 Å². The van der Waals surface area contributed by atoms with Crippen LogP contribution in [-0.4, -0.2) is 38.0 Å². The molecule has 2 aromatic carbocycles. The SMILES string of the molecule is COc1ccc(-c2noc(NCCc3ccc(OC)c(OC)c3)n2)cc1. The third-order valence-corrected chi connectivity index (χ3v) is 3.91. The van der Waals surface area contributed by atoms with E-state index >= 15 is 0 Å². The highest BCUT2D eigenvalue weighted by Gasteiger charge is 2.09. The van der Waals surface area contributed by atoms with Crippen LogP contribution in [0.4, 0.5) is 6.01 Å². The maximum absolute atomic E-state index is 5.32. The summed E-state index contributed by atoms with van der Waals surface area (Å²) in [7, 11) is 4.87.